The summed E-state index contributed by atoms with van der Waals surface area (Å²) >= 11 is 0. The van der Waals surface area contributed by atoms with Crippen LogP contribution in [0.1, 0.15) is 18.4 Å². The van der Waals surface area contributed by atoms with Gasteiger partial charge in [-0.15, -0.1) is 0 Å². The maximum absolute atomic E-state index is 10.7. The Bertz CT molecular complexity index is 350. The molecule has 0 unspecified atom stereocenters. The minimum Gasteiger partial charge on any atom is -0.430 e. The fourth-order valence-electron chi connectivity index (χ4n) is 1.68. The zero-order chi connectivity index (χ0) is 11.9. The maximum Gasteiger partial charge on any atom is 0.508 e. The first kappa shape index (κ1) is 11.9. The third kappa shape index (κ3) is 4.07. The lowest BCUT2D eigenvalue weighted by molar-refractivity contribution is 0.0950. The molecule has 1 heterocycles. The van der Waals surface area contributed by atoms with Crippen molar-refractivity contribution in [1.82, 2.24) is 0 Å². The first-order valence-electron chi connectivity index (χ1n) is 5.79. The van der Waals surface area contributed by atoms with Gasteiger partial charge in [0.15, 0.2) is 0 Å². The van der Waals surface area contributed by atoms with Crippen molar-refractivity contribution in [3.63, 3.8) is 0 Å². The molecule has 1 fully saturated rings. The molecule has 92 valence electrons. The highest BCUT2D eigenvalue weighted by Crippen LogP contribution is 2.12. The van der Waals surface area contributed by atoms with Crippen molar-refractivity contribution in [3.05, 3.63) is 35.9 Å². The average molecular weight is 236 g/mol. The Hall–Kier alpha value is -1.55. The van der Waals surface area contributed by atoms with E-state index in [-0.39, 0.29) is 6.10 Å². The average Bonchev–Trinajstić information content (AvgIpc) is 2.76. The number of ether oxygens (including phenoxy) is 3. The topological polar surface area (TPSA) is 44.8 Å². The number of benzene rings is 1. The Morgan fingerprint density at radius 2 is 2.12 bits per heavy atom. The Balaban J connectivity index is 1.53. The number of carbonyl (C=O) groups excluding carboxylic acids is 1. The molecule has 0 N–H and O–H groups in total. The smallest absolute Gasteiger partial charge is 0.430 e. The molecule has 4 heteroatoms. The highest BCUT2D eigenvalue weighted by atomic mass is 16.8. The van der Waals surface area contributed by atoms with Crippen LogP contribution >= 0.6 is 0 Å². The summed E-state index contributed by atoms with van der Waals surface area (Å²) in [4.78, 5) is 10.7. The van der Waals surface area contributed by atoms with Crippen LogP contribution in [-0.4, -0.2) is 25.5 Å². The van der Waals surface area contributed by atoms with Gasteiger partial charge in [-0.3, -0.25) is 0 Å². The van der Waals surface area contributed by atoms with Crippen LogP contribution < -0.4 is 0 Å². The van der Waals surface area contributed by atoms with E-state index in [0.29, 0.717) is 19.8 Å². The number of hydrogen-bond donors (Lipinski definition) is 0. The highest BCUT2D eigenvalue weighted by Gasteiger charge is 2.23. The van der Waals surface area contributed by atoms with E-state index in [1.54, 1.807) is 0 Å². The molecule has 0 amide bonds. The van der Waals surface area contributed by atoms with Crippen molar-refractivity contribution in [2.75, 3.05) is 13.2 Å². The van der Waals surface area contributed by atoms with E-state index in [2.05, 4.69) is 4.74 Å². The van der Waals surface area contributed by atoms with Crippen molar-refractivity contribution in [3.8, 4) is 0 Å². The van der Waals surface area contributed by atoms with Crippen LogP contribution in [0, 0.1) is 0 Å². The molecule has 17 heavy (non-hydrogen) atoms. The van der Waals surface area contributed by atoms with Crippen molar-refractivity contribution in [2.24, 2.45) is 0 Å². The normalized spacial score (nSPS) is 18.8. The summed E-state index contributed by atoms with van der Waals surface area (Å²) in [6.45, 7) is 1.67. The Labute approximate surface area is 100 Å². The molecule has 0 aliphatic carbocycles. The SMILES string of the molecule is O=C1OC[C@@H](CCCOCc2ccccc2)O1. The molecule has 1 atom stereocenters. The maximum atomic E-state index is 10.7. The highest BCUT2D eigenvalue weighted by molar-refractivity contribution is 5.61. The zero-order valence-corrected chi connectivity index (χ0v) is 9.63. The van der Waals surface area contributed by atoms with Crippen molar-refractivity contribution < 1.29 is 19.0 Å². The second-order valence-corrected chi connectivity index (χ2v) is 3.98. The van der Waals surface area contributed by atoms with Crippen LogP contribution in [0.25, 0.3) is 0 Å². The first-order valence-corrected chi connectivity index (χ1v) is 5.79. The summed E-state index contributed by atoms with van der Waals surface area (Å²) in [5.41, 5.74) is 1.17. The molecule has 1 aromatic rings. The van der Waals surface area contributed by atoms with Crippen LogP contribution in [0.5, 0.6) is 0 Å². The van der Waals surface area contributed by atoms with Gasteiger partial charge in [-0.1, -0.05) is 30.3 Å². The second kappa shape index (κ2) is 6.25. The lowest BCUT2D eigenvalue weighted by Crippen LogP contribution is -2.10. The first-order chi connectivity index (χ1) is 8.34. The third-order valence-corrected chi connectivity index (χ3v) is 2.58. The minimum absolute atomic E-state index is 0.0946. The van der Waals surface area contributed by atoms with Gasteiger partial charge in [0.1, 0.15) is 12.7 Å². The van der Waals surface area contributed by atoms with Gasteiger partial charge in [0, 0.05) is 6.61 Å². The summed E-state index contributed by atoms with van der Waals surface area (Å²) in [5.74, 6) is 0. The van der Waals surface area contributed by atoms with Gasteiger partial charge >= 0.3 is 6.16 Å². The summed E-state index contributed by atoms with van der Waals surface area (Å²) in [6.07, 6.45) is 1.01. The minimum atomic E-state index is -0.555. The molecule has 0 bridgehead atoms. The largest absolute Gasteiger partial charge is 0.508 e. The van der Waals surface area contributed by atoms with Gasteiger partial charge < -0.3 is 14.2 Å². The summed E-state index contributed by atoms with van der Waals surface area (Å²) in [7, 11) is 0. The molecule has 2 rings (SSSR count). The van der Waals surface area contributed by atoms with E-state index >= 15 is 0 Å². The summed E-state index contributed by atoms with van der Waals surface area (Å²) in [5, 5.41) is 0. The van der Waals surface area contributed by atoms with Crippen molar-refractivity contribution in [1.29, 1.82) is 0 Å². The predicted octanol–water partition coefficient (Wildman–Crippen LogP) is 2.52. The van der Waals surface area contributed by atoms with Gasteiger partial charge in [0.2, 0.25) is 0 Å². The molecule has 4 nitrogen and oxygen atoms in total. The summed E-state index contributed by atoms with van der Waals surface area (Å²) < 4.78 is 15.1. The fraction of sp³-hybridized carbons (Fsp3) is 0.462. The fourth-order valence-corrected chi connectivity index (χ4v) is 1.68. The molecule has 0 saturated carbocycles. The van der Waals surface area contributed by atoms with E-state index in [1.165, 1.54) is 5.56 Å². The van der Waals surface area contributed by atoms with Gasteiger partial charge in [0.05, 0.1) is 6.61 Å². The molecular weight excluding hydrogens is 220 g/mol. The second-order valence-electron chi connectivity index (χ2n) is 3.98. The van der Waals surface area contributed by atoms with Crippen LogP contribution in [0.2, 0.25) is 0 Å². The van der Waals surface area contributed by atoms with Gasteiger partial charge in [-0.05, 0) is 18.4 Å². The lowest BCUT2D eigenvalue weighted by atomic mass is 10.2. The molecule has 1 aliphatic rings. The van der Waals surface area contributed by atoms with Crippen LogP contribution in [-0.2, 0) is 20.8 Å². The molecule has 1 aromatic carbocycles. The van der Waals surface area contributed by atoms with E-state index in [0.717, 1.165) is 12.8 Å². The zero-order valence-electron chi connectivity index (χ0n) is 9.63. The predicted molar refractivity (Wildman–Crippen MR) is 61.6 cm³/mol. The van der Waals surface area contributed by atoms with E-state index < -0.39 is 6.16 Å². The molecule has 1 aliphatic heterocycles. The Morgan fingerprint density at radius 3 is 2.82 bits per heavy atom. The van der Waals surface area contributed by atoms with Crippen LogP contribution in [0.3, 0.4) is 0 Å². The Kier molecular flexibility index (Phi) is 4.38. The third-order valence-electron chi connectivity index (χ3n) is 2.58. The molecule has 0 aromatic heterocycles. The number of rotatable bonds is 6. The van der Waals surface area contributed by atoms with E-state index in [1.807, 2.05) is 30.3 Å². The Morgan fingerprint density at radius 1 is 1.29 bits per heavy atom. The van der Waals surface area contributed by atoms with Crippen molar-refractivity contribution >= 4 is 6.16 Å². The molecule has 0 radical (unpaired) electrons. The molecule has 0 spiro atoms. The molecule has 1 saturated heterocycles. The van der Waals surface area contributed by atoms with Gasteiger partial charge in [-0.2, -0.15) is 0 Å². The van der Waals surface area contributed by atoms with Gasteiger partial charge in [-0.25, -0.2) is 4.79 Å². The summed E-state index contributed by atoms with van der Waals surface area (Å²) in [6, 6.07) is 10.0. The van der Waals surface area contributed by atoms with Crippen LogP contribution in [0.15, 0.2) is 30.3 Å². The standard InChI is InChI=1S/C13H16O4/c14-13-16-10-12(17-13)7-4-8-15-9-11-5-2-1-3-6-11/h1-3,5-6,12H,4,7-10H2/t12-/m1/s1. The lowest BCUT2D eigenvalue weighted by Gasteiger charge is -2.07. The van der Waals surface area contributed by atoms with Crippen LogP contribution in [0.4, 0.5) is 4.79 Å². The number of carbonyl (C=O) groups is 1. The van der Waals surface area contributed by atoms with E-state index in [9.17, 15) is 4.79 Å². The number of cyclic esters (lactones) is 2. The molecular formula is C13H16O4. The van der Waals surface area contributed by atoms with Gasteiger partial charge in [0.25, 0.3) is 0 Å². The quantitative estimate of drug-likeness (QED) is 0.562. The monoisotopic (exact) mass is 236 g/mol. The number of hydrogen-bond acceptors (Lipinski definition) is 4. The van der Waals surface area contributed by atoms with Crippen molar-refractivity contribution in [2.45, 2.75) is 25.6 Å². The van der Waals surface area contributed by atoms with E-state index in [4.69, 9.17) is 9.47 Å².